The molecule has 0 bridgehead atoms. The van der Waals surface area contributed by atoms with Crippen LogP contribution in [0.4, 0.5) is 0 Å². The van der Waals surface area contributed by atoms with Gasteiger partial charge >= 0.3 is 0 Å². The summed E-state index contributed by atoms with van der Waals surface area (Å²) in [6.45, 7) is 4.63. The lowest BCUT2D eigenvalue weighted by Crippen LogP contribution is -2.14. The van der Waals surface area contributed by atoms with Crippen LogP contribution in [0.2, 0.25) is 0 Å². The number of rotatable bonds is 1. The van der Waals surface area contributed by atoms with Gasteiger partial charge in [0, 0.05) is 21.8 Å². The van der Waals surface area contributed by atoms with E-state index in [1.165, 1.54) is 44.2 Å². The summed E-state index contributed by atoms with van der Waals surface area (Å²) in [5.74, 6) is 0. The fraction of sp³-hybridized carbons (Fsp3) is 0.111. The molecule has 0 radical (unpaired) electrons. The number of para-hydroxylation sites is 1. The summed E-state index contributed by atoms with van der Waals surface area (Å²) in [7, 11) is 0. The Kier molecular flexibility index (Phi) is 3.01. The van der Waals surface area contributed by atoms with Crippen LogP contribution in [0.25, 0.3) is 44.2 Å². The van der Waals surface area contributed by atoms with Gasteiger partial charge in [-0.2, -0.15) is 0 Å². The van der Waals surface area contributed by atoms with Crippen LogP contribution in [0.15, 0.2) is 89.3 Å². The highest BCUT2D eigenvalue weighted by Gasteiger charge is 2.37. The summed E-state index contributed by atoms with van der Waals surface area (Å²) in [4.78, 5) is 0. The average molecular weight is 360 g/mol. The first kappa shape index (κ1) is 15.7. The van der Waals surface area contributed by atoms with Crippen molar-refractivity contribution < 1.29 is 4.42 Å². The Morgan fingerprint density at radius 2 is 1.39 bits per heavy atom. The third kappa shape index (κ3) is 1.96. The molecule has 0 saturated heterocycles. The first-order valence-electron chi connectivity index (χ1n) is 9.79. The third-order valence-corrected chi connectivity index (χ3v) is 6.29. The van der Waals surface area contributed by atoms with Crippen molar-refractivity contribution in [1.29, 1.82) is 0 Å². The van der Waals surface area contributed by atoms with E-state index in [9.17, 15) is 0 Å². The predicted molar refractivity (Wildman–Crippen MR) is 117 cm³/mol. The van der Waals surface area contributed by atoms with Crippen molar-refractivity contribution in [2.75, 3.05) is 0 Å². The van der Waals surface area contributed by atoms with E-state index in [1.807, 2.05) is 6.07 Å². The van der Waals surface area contributed by atoms with Crippen LogP contribution in [-0.4, -0.2) is 0 Å². The minimum atomic E-state index is -0.0347. The topological polar surface area (TPSA) is 13.1 Å². The Hall–Kier alpha value is -3.32. The lowest BCUT2D eigenvalue weighted by molar-refractivity contribution is 0.653. The van der Waals surface area contributed by atoms with Crippen molar-refractivity contribution >= 4 is 21.9 Å². The van der Waals surface area contributed by atoms with Gasteiger partial charge in [0.05, 0.1) is 0 Å². The Morgan fingerprint density at radius 1 is 0.643 bits per heavy atom. The largest absolute Gasteiger partial charge is 0.455 e. The lowest BCUT2D eigenvalue weighted by atomic mass is 9.82. The highest BCUT2D eigenvalue weighted by molar-refractivity contribution is 6.11. The molecule has 0 amide bonds. The van der Waals surface area contributed by atoms with Crippen molar-refractivity contribution in [3.05, 3.63) is 96.1 Å². The van der Waals surface area contributed by atoms with Gasteiger partial charge in [-0.1, -0.05) is 86.6 Å². The molecule has 28 heavy (non-hydrogen) atoms. The molecule has 1 heterocycles. The SMILES string of the molecule is CC1(C)c2ccc(-c3ccccc3)cc2-c2c1ccc1c2oc2ccccc21. The molecule has 6 rings (SSSR count). The summed E-state index contributed by atoms with van der Waals surface area (Å²) in [5.41, 5.74) is 9.69. The van der Waals surface area contributed by atoms with Crippen LogP contribution in [-0.2, 0) is 5.41 Å². The second kappa shape index (κ2) is 5.36. The first-order chi connectivity index (χ1) is 13.6. The normalized spacial score (nSPS) is 14.4. The van der Waals surface area contributed by atoms with Crippen molar-refractivity contribution in [2.45, 2.75) is 19.3 Å². The summed E-state index contributed by atoms with van der Waals surface area (Å²) in [6.07, 6.45) is 0. The van der Waals surface area contributed by atoms with Gasteiger partial charge in [0.15, 0.2) is 0 Å². The Labute approximate surface area is 164 Å². The number of benzene rings is 4. The van der Waals surface area contributed by atoms with Crippen molar-refractivity contribution in [2.24, 2.45) is 0 Å². The van der Waals surface area contributed by atoms with Gasteiger partial charge in [-0.05, 0) is 39.9 Å². The van der Waals surface area contributed by atoms with Gasteiger partial charge in [-0.25, -0.2) is 0 Å². The van der Waals surface area contributed by atoms with E-state index in [1.54, 1.807) is 0 Å². The third-order valence-electron chi connectivity index (χ3n) is 6.29. The molecule has 1 aromatic heterocycles. The van der Waals surface area contributed by atoms with E-state index >= 15 is 0 Å². The van der Waals surface area contributed by atoms with E-state index in [2.05, 4.69) is 92.7 Å². The standard InChI is InChI=1S/C27H20O/c1-27(2)22-14-12-18(17-8-4-3-5-9-17)16-21(22)25-23(27)15-13-20-19-10-6-7-11-24(19)28-26(20)25/h3-16H,1-2H3. The fourth-order valence-electron chi connectivity index (χ4n) is 4.83. The molecule has 0 spiro atoms. The van der Waals surface area contributed by atoms with Crippen LogP contribution in [0.5, 0.6) is 0 Å². The molecule has 134 valence electrons. The second-order valence-corrected chi connectivity index (χ2v) is 8.21. The van der Waals surface area contributed by atoms with E-state index in [-0.39, 0.29) is 5.41 Å². The van der Waals surface area contributed by atoms with Crippen molar-refractivity contribution in [3.8, 4) is 22.3 Å². The van der Waals surface area contributed by atoms with Crippen LogP contribution in [0.1, 0.15) is 25.0 Å². The molecule has 5 aromatic rings. The van der Waals surface area contributed by atoms with E-state index in [4.69, 9.17) is 4.42 Å². The van der Waals surface area contributed by atoms with Gasteiger partial charge in [0.1, 0.15) is 11.2 Å². The van der Waals surface area contributed by atoms with Gasteiger partial charge < -0.3 is 4.42 Å². The van der Waals surface area contributed by atoms with Crippen LogP contribution in [0, 0.1) is 0 Å². The number of hydrogen-bond acceptors (Lipinski definition) is 1. The summed E-state index contributed by atoms with van der Waals surface area (Å²) in [6, 6.07) is 30.3. The van der Waals surface area contributed by atoms with E-state index in [0.717, 1.165) is 11.2 Å². The molecule has 1 aliphatic carbocycles. The van der Waals surface area contributed by atoms with Gasteiger partial charge in [0.25, 0.3) is 0 Å². The molecule has 0 aliphatic heterocycles. The molecule has 0 N–H and O–H groups in total. The average Bonchev–Trinajstić information content (AvgIpc) is 3.22. The highest BCUT2D eigenvalue weighted by atomic mass is 16.3. The molecule has 0 fully saturated rings. The fourth-order valence-corrected chi connectivity index (χ4v) is 4.83. The Morgan fingerprint density at radius 3 is 2.25 bits per heavy atom. The highest BCUT2D eigenvalue weighted by Crippen LogP contribution is 2.53. The second-order valence-electron chi connectivity index (χ2n) is 8.21. The molecular formula is C27H20O. The van der Waals surface area contributed by atoms with Gasteiger partial charge in [-0.3, -0.25) is 0 Å². The number of fused-ring (bicyclic) bond motifs is 7. The molecule has 1 aliphatic rings. The molecule has 0 saturated carbocycles. The monoisotopic (exact) mass is 360 g/mol. The summed E-state index contributed by atoms with van der Waals surface area (Å²) < 4.78 is 6.39. The lowest BCUT2D eigenvalue weighted by Gasteiger charge is -2.21. The van der Waals surface area contributed by atoms with Crippen molar-refractivity contribution in [1.82, 2.24) is 0 Å². The zero-order chi connectivity index (χ0) is 18.9. The maximum atomic E-state index is 6.39. The van der Waals surface area contributed by atoms with E-state index in [0.29, 0.717) is 0 Å². The molecule has 1 heteroatoms. The van der Waals surface area contributed by atoms with Crippen LogP contribution in [0.3, 0.4) is 0 Å². The van der Waals surface area contributed by atoms with Crippen LogP contribution >= 0.6 is 0 Å². The Bertz CT molecular complexity index is 1370. The zero-order valence-electron chi connectivity index (χ0n) is 16.0. The molecular weight excluding hydrogens is 340 g/mol. The maximum Gasteiger partial charge on any atom is 0.143 e. The summed E-state index contributed by atoms with van der Waals surface area (Å²) in [5, 5.41) is 2.38. The maximum absolute atomic E-state index is 6.39. The zero-order valence-corrected chi connectivity index (χ0v) is 16.0. The Balaban J connectivity index is 1.71. The van der Waals surface area contributed by atoms with Gasteiger partial charge in [-0.15, -0.1) is 0 Å². The quantitative estimate of drug-likeness (QED) is 0.300. The van der Waals surface area contributed by atoms with Gasteiger partial charge in [0.2, 0.25) is 0 Å². The molecule has 4 aromatic carbocycles. The summed E-state index contributed by atoms with van der Waals surface area (Å²) >= 11 is 0. The van der Waals surface area contributed by atoms with E-state index < -0.39 is 0 Å². The number of furan rings is 1. The molecule has 1 nitrogen and oxygen atoms in total. The molecule has 0 atom stereocenters. The molecule has 0 unspecified atom stereocenters. The van der Waals surface area contributed by atoms with Crippen LogP contribution < -0.4 is 0 Å². The number of hydrogen-bond donors (Lipinski definition) is 0. The predicted octanol–water partition coefficient (Wildman–Crippen LogP) is 7.56. The van der Waals surface area contributed by atoms with Crippen molar-refractivity contribution in [3.63, 3.8) is 0 Å². The first-order valence-corrected chi connectivity index (χ1v) is 9.79. The smallest absolute Gasteiger partial charge is 0.143 e. The minimum Gasteiger partial charge on any atom is -0.455 e. The minimum absolute atomic E-state index is 0.0347.